The van der Waals surface area contributed by atoms with Gasteiger partial charge in [0.05, 0.1) is 12.1 Å². The van der Waals surface area contributed by atoms with Crippen LogP contribution in [0.2, 0.25) is 0 Å². The van der Waals surface area contributed by atoms with Gasteiger partial charge in [0.15, 0.2) is 0 Å². The molecular weight excluding hydrogens is 312 g/mol. The summed E-state index contributed by atoms with van der Waals surface area (Å²) in [6, 6.07) is 12.6. The number of rotatable bonds is 5. The normalized spacial score (nSPS) is 20.9. The Bertz CT molecular complexity index is 720. The zero-order valence-corrected chi connectivity index (χ0v) is 13.7. The molecule has 3 rings (SSSR count). The number of halogens is 2. The first kappa shape index (κ1) is 16.9. The van der Waals surface area contributed by atoms with Crippen molar-refractivity contribution in [2.45, 2.75) is 45.1 Å². The van der Waals surface area contributed by atoms with Crippen molar-refractivity contribution < 1.29 is 18.6 Å². The summed E-state index contributed by atoms with van der Waals surface area (Å²) >= 11 is 0. The summed E-state index contributed by atoms with van der Waals surface area (Å²) in [6.45, 7) is 0.930. The van der Waals surface area contributed by atoms with Crippen LogP contribution in [0.25, 0.3) is 0 Å². The van der Waals surface area contributed by atoms with Crippen molar-refractivity contribution in [1.29, 1.82) is 0 Å². The first-order chi connectivity index (χ1) is 11.5. The standard InChI is InChI=1S/C19H21F2NO2/c1-11-7-8-17(24-19(20)21)15(9-11)12(2)22-18-14-6-4-3-5-13(14)10-16(18)23/h3-9,12,16,18-19,22-23H,10H2,1-2H3. The Morgan fingerprint density at radius 2 is 1.96 bits per heavy atom. The molecule has 0 spiro atoms. The fraction of sp³-hybridized carbons (Fsp3) is 0.368. The highest BCUT2D eigenvalue weighted by atomic mass is 19.3. The molecule has 1 aliphatic carbocycles. The van der Waals surface area contributed by atoms with E-state index in [0.29, 0.717) is 12.0 Å². The summed E-state index contributed by atoms with van der Waals surface area (Å²) in [5, 5.41) is 13.7. The predicted octanol–water partition coefficient (Wildman–Crippen LogP) is 3.91. The summed E-state index contributed by atoms with van der Waals surface area (Å²) in [5.74, 6) is 0.163. The quantitative estimate of drug-likeness (QED) is 0.872. The van der Waals surface area contributed by atoms with Gasteiger partial charge < -0.3 is 15.2 Å². The number of alkyl halides is 2. The molecule has 2 aromatic carbocycles. The van der Waals surface area contributed by atoms with Crippen LogP contribution in [0.15, 0.2) is 42.5 Å². The number of hydrogen-bond donors (Lipinski definition) is 2. The molecule has 3 nitrogen and oxygen atoms in total. The van der Waals surface area contributed by atoms with Gasteiger partial charge in [-0.25, -0.2) is 0 Å². The van der Waals surface area contributed by atoms with E-state index in [9.17, 15) is 13.9 Å². The van der Waals surface area contributed by atoms with E-state index in [1.165, 1.54) is 0 Å². The predicted molar refractivity (Wildman–Crippen MR) is 88.3 cm³/mol. The average molecular weight is 333 g/mol. The van der Waals surface area contributed by atoms with Crippen molar-refractivity contribution in [2.24, 2.45) is 0 Å². The Kier molecular flexibility index (Phi) is 4.83. The van der Waals surface area contributed by atoms with Crippen molar-refractivity contribution >= 4 is 0 Å². The van der Waals surface area contributed by atoms with E-state index in [2.05, 4.69) is 10.1 Å². The summed E-state index contributed by atoms with van der Waals surface area (Å²) in [5.41, 5.74) is 3.79. The number of aliphatic hydroxyl groups excluding tert-OH is 1. The summed E-state index contributed by atoms with van der Waals surface area (Å²) in [4.78, 5) is 0. The molecule has 24 heavy (non-hydrogen) atoms. The van der Waals surface area contributed by atoms with Crippen LogP contribution in [0.1, 0.15) is 41.3 Å². The van der Waals surface area contributed by atoms with E-state index >= 15 is 0 Å². The minimum atomic E-state index is -2.86. The van der Waals surface area contributed by atoms with Crippen molar-refractivity contribution in [3.05, 3.63) is 64.7 Å². The molecular formula is C19H21F2NO2. The maximum atomic E-state index is 12.6. The van der Waals surface area contributed by atoms with Gasteiger partial charge in [0.1, 0.15) is 5.75 Å². The number of aliphatic hydroxyl groups is 1. The third-order valence-electron chi connectivity index (χ3n) is 4.48. The van der Waals surface area contributed by atoms with Crippen molar-refractivity contribution in [3.8, 4) is 5.75 Å². The van der Waals surface area contributed by atoms with Crippen molar-refractivity contribution in [2.75, 3.05) is 0 Å². The van der Waals surface area contributed by atoms with Gasteiger partial charge in [-0.2, -0.15) is 8.78 Å². The van der Waals surface area contributed by atoms with Crippen molar-refractivity contribution in [3.63, 3.8) is 0 Å². The molecule has 0 aliphatic heterocycles. The number of hydrogen-bond acceptors (Lipinski definition) is 3. The maximum absolute atomic E-state index is 12.6. The molecule has 0 saturated heterocycles. The summed E-state index contributed by atoms with van der Waals surface area (Å²) in [7, 11) is 0. The second-order valence-corrected chi connectivity index (χ2v) is 6.26. The molecule has 3 unspecified atom stereocenters. The zero-order valence-electron chi connectivity index (χ0n) is 13.7. The Morgan fingerprint density at radius 3 is 2.71 bits per heavy atom. The highest BCUT2D eigenvalue weighted by Gasteiger charge is 2.32. The third-order valence-corrected chi connectivity index (χ3v) is 4.48. The lowest BCUT2D eigenvalue weighted by molar-refractivity contribution is -0.0507. The second-order valence-electron chi connectivity index (χ2n) is 6.26. The largest absolute Gasteiger partial charge is 0.434 e. The third kappa shape index (κ3) is 3.42. The molecule has 2 N–H and O–H groups in total. The van der Waals surface area contributed by atoms with Crippen LogP contribution in [0.4, 0.5) is 8.78 Å². The highest BCUT2D eigenvalue weighted by molar-refractivity contribution is 5.40. The second kappa shape index (κ2) is 6.87. The SMILES string of the molecule is Cc1ccc(OC(F)F)c(C(C)NC2c3ccccc3CC2O)c1. The number of nitrogens with one attached hydrogen (secondary N) is 1. The van der Waals surface area contributed by atoms with Crippen LogP contribution >= 0.6 is 0 Å². The lowest BCUT2D eigenvalue weighted by Gasteiger charge is -2.25. The van der Waals surface area contributed by atoms with Gasteiger partial charge in [-0.1, -0.05) is 42.0 Å². The molecule has 0 amide bonds. The van der Waals surface area contributed by atoms with Gasteiger partial charge in [0.25, 0.3) is 0 Å². The number of aryl methyl sites for hydroxylation is 1. The van der Waals surface area contributed by atoms with E-state index in [0.717, 1.165) is 16.7 Å². The minimum Gasteiger partial charge on any atom is -0.434 e. The van der Waals surface area contributed by atoms with E-state index in [1.807, 2.05) is 44.2 Å². The summed E-state index contributed by atoms with van der Waals surface area (Å²) < 4.78 is 29.9. The Labute approximate surface area is 140 Å². The lowest BCUT2D eigenvalue weighted by atomic mass is 10.0. The van der Waals surface area contributed by atoms with E-state index in [1.54, 1.807) is 12.1 Å². The average Bonchev–Trinajstić information content (AvgIpc) is 2.84. The van der Waals surface area contributed by atoms with E-state index < -0.39 is 12.7 Å². The maximum Gasteiger partial charge on any atom is 0.387 e. The Hall–Kier alpha value is -1.98. The van der Waals surface area contributed by atoms with E-state index in [4.69, 9.17) is 0 Å². The van der Waals surface area contributed by atoms with Gasteiger partial charge in [-0.3, -0.25) is 0 Å². The van der Waals surface area contributed by atoms with Gasteiger partial charge in [0, 0.05) is 18.0 Å². The van der Waals surface area contributed by atoms with Crippen LogP contribution in [0, 0.1) is 6.92 Å². The van der Waals surface area contributed by atoms with Gasteiger partial charge >= 0.3 is 6.61 Å². The zero-order chi connectivity index (χ0) is 17.3. The number of ether oxygens (including phenoxy) is 1. The van der Waals surface area contributed by atoms with Gasteiger partial charge in [-0.15, -0.1) is 0 Å². The van der Waals surface area contributed by atoms with Crippen LogP contribution in [-0.2, 0) is 6.42 Å². The van der Waals surface area contributed by atoms with Crippen molar-refractivity contribution in [1.82, 2.24) is 5.32 Å². The monoisotopic (exact) mass is 333 g/mol. The fourth-order valence-corrected chi connectivity index (χ4v) is 3.34. The molecule has 128 valence electrons. The topological polar surface area (TPSA) is 41.5 Å². The smallest absolute Gasteiger partial charge is 0.387 e. The number of fused-ring (bicyclic) bond motifs is 1. The van der Waals surface area contributed by atoms with Crippen LogP contribution in [-0.4, -0.2) is 17.8 Å². The van der Waals surface area contributed by atoms with Crippen LogP contribution in [0.3, 0.4) is 0 Å². The lowest BCUT2D eigenvalue weighted by Crippen LogP contribution is -2.31. The first-order valence-electron chi connectivity index (χ1n) is 8.03. The molecule has 0 saturated carbocycles. The number of benzene rings is 2. The van der Waals surface area contributed by atoms with Gasteiger partial charge in [-0.05, 0) is 31.0 Å². The molecule has 1 aliphatic rings. The molecule has 0 radical (unpaired) electrons. The molecule has 0 fully saturated rings. The van der Waals surface area contributed by atoms with Crippen LogP contribution < -0.4 is 10.1 Å². The molecule has 5 heteroatoms. The molecule has 2 aromatic rings. The first-order valence-corrected chi connectivity index (χ1v) is 8.03. The molecule has 3 atom stereocenters. The van der Waals surface area contributed by atoms with E-state index in [-0.39, 0.29) is 17.8 Å². The molecule has 0 bridgehead atoms. The summed E-state index contributed by atoms with van der Waals surface area (Å²) in [6.07, 6.45) is 0.0588. The Morgan fingerprint density at radius 1 is 1.21 bits per heavy atom. The molecule has 0 aromatic heterocycles. The van der Waals surface area contributed by atoms with Gasteiger partial charge in [0.2, 0.25) is 0 Å². The fourth-order valence-electron chi connectivity index (χ4n) is 3.34. The molecule has 0 heterocycles. The van der Waals surface area contributed by atoms with Crippen LogP contribution in [0.5, 0.6) is 5.75 Å². The Balaban J connectivity index is 1.85. The highest BCUT2D eigenvalue weighted by Crippen LogP contribution is 2.35. The minimum absolute atomic E-state index is 0.163.